The molecule has 150 valence electrons. The number of unbranched alkanes of at least 4 members (excludes halogenated alkanes) is 4. The zero-order chi connectivity index (χ0) is 17.2. The lowest BCUT2D eigenvalue weighted by Crippen LogP contribution is -3.00. The summed E-state index contributed by atoms with van der Waals surface area (Å²) in [5.41, 5.74) is 0. The summed E-state index contributed by atoms with van der Waals surface area (Å²) in [5.74, 6) is 0. The van der Waals surface area contributed by atoms with Crippen LogP contribution >= 0.6 is 0 Å². The molecule has 0 fully saturated rings. The van der Waals surface area contributed by atoms with Gasteiger partial charge in [-0.25, -0.2) is 18.3 Å². The normalized spacial score (nSPS) is 11.7. The van der Waals surface area contributed by atoms with Crippen molar-refractivity contribution in [3.63, 3.8) is 0 Å². The first-order valence-electron chi connectivity index (χ1n) is 9.88. The van der Waals surface area contributed by atoms with Gasteiger partial charge in [-0.2, -0.15) is 0 Å². The molecule has 2 aromatic rings. The van der Waals surface area contributed by atoms with E-state index in [1.165, 1.54) is 44.9 Å². The molecule has 0 saturated carbocycles. The van der Waals surface area contributed by atoms with Gasteiger partial charge in [-0.3, -0.25) is 0 Å². The van der Waals surface area contributed by atoms with Crippen LogP contribution in [0, 0.1) is 0 Å². The molecule has 0 amide bonds. The lowest BCUT2D eigenvalue weighted by Gasteiger charge is -2.11. The number of hydrogen-bond acceptors (Lipinski definition) is 0. The second kappa shape index (κ2) is 14.4. The highest BCUT2D eigenvalue weighted by atomic mass is 79.9. The molecular formula is C20H36Br2N4. The Morgan fingerprint density at radius 2 is 1.50 bits per heavy atom. The number of rotatable bonds is 12. The molecule has 4 nitrogen and oxygen atoms in total. The Bertz CT molecular complexity index is 580. The van der Waals surface area contributed by atoms with E-state index >= 15 is 0 Å². The van der Waals surface area contributed by atoms with E-state index in [-0.39, 0.29) is 34.0 Å². The Hall–Kier alpha value is -0.620. The zero-order valence-corrected chi connectivity index (χ0v) is 19.8. The molecular weight excluding hydrogens is 456 g/mol. The summed E-state index contributed by atoms with van der Waals surface area (Å²) in [4.78, 5) is 0. The molecule has 0 saturated heterocycles. The van der Waals surface area contributed by atoms with Crippen molar-refractivity contribution in [3.8, 4) is 0 Å². The van der Waals surface area contributed by atoms with E-state index in [0.717, 1.165) is 19.6 Å². The van der Waals surface area contributed by atoms with Crippen LogP contribution in [0.3, 0.4) is 0 Å². The third-order valence-electron chi connectivity index (χ3n) is 5.04. The van der Waals surface area contributed by atoms with Crippen LogP contribution in [0.15, 0.2) is 37.4 Å². The van der Waals surface area contributed by atoms with Crippen molar-refractivity contribution in [1.82, 2.24) is 9.13 Å². The summed E-state index contributed by atoms with van der Waals surface area (Å²) in [5, 5.41) is 0. The number of hydrogen-bond donors (Lipinski definition) is 0. The first kappa shape index (κ1) is 25.4. The van der Waals surface area contributed by atoms with Crippen LogP contribution in [-0.4, -0.2) is 9.13 Å². The Labute approximate surface area is 180 Å². The fraction of sp³-hybridized carbons (Fsp3) is 0.700. The third-order valence-corrected chi connectivity index (χ3v) is 5.04. The van der Waals surface area contributed by atoms with Crippen LogP contribution < -0.4 is 43.1 Å². The van der Waals surface area contributed by atoms with Crippen molar-refractivity contribution in [2.24, 2.45) is 0 Å². The number of halogens is 2. The second-order valence-electron chi connectivity index (χ2n) is 6.79. The SMILES string of the molecule is CCC(CCCCCCC[n+]1ccn(CC)c1)n1cc[n+](CC)c1.[Br-].[Br-]. The summed E-state index contributed by atoms with van der Waals surface area (Å²) in [7, 11) is 0. The second-order valence-corrected chi connectivity index (χ2v) is 6.79. The van der Waals surface area contributed by atoms with Crippen molar-refractivity contribution < 1.29 is 43.1 Å². The smallest absolute Gasteiger partial charge is 0.243 e. The van der Waals surface area contributed by atoms with Crippen LogP contribution in [0.5, 0.6) is 0 Å². The molecule has 1 atom stereocenters. The minimum Gasteiger partial charge on any atom is -1.00 e. The first-order valence-corrected chi connectivity index (χ1v) is 9.88. The molecule has 0 aliphatic rings. The van der Waals surface area contributed by atoms with Gasteiger partial charge >= 0.3 is 0 Å². The summed E-state index contributed by atoms with van der Waals surface area (Å²) in [6.45, 7) is 9.96. The summed E-state index contributed by atoms with van der Waals surface area (Å²) >= 11 is 0. The molecule has 26 heavy (non-hydrogen) atoms. The van der Waals surface area contributed by atoms with Gasteiger partial charge in [0.15, 0.2) is 0 Å². The minimum absolute atomic E-state index is 0. The molecule has 2 rings (SSSR count). The predicted molar refractivity (Wildman–Crippen MR) is 97.6 cm³/mol. The van der Waals surface area contributed by atoms with Gasteiger partial charge in [-0.05, 0) is 46.0 Å². The van der Waals surface area contributed by atoms with Crippen LogP contribution in [0.2, 0.25) is 0 Å². The Morgan fingerprint density at radius 1 is 0.808 bits per heavy atom. The molecule has 2 aromatic heterocycles. The standard InChI is InChI=1S/C20H36N4.2BrH/c1-4-20(24-17-16-22(6-3)19-24)12-10-8-7-9-11-13-23-15-14-21(5-2)18-23;;/h14-20H,4-13H2,1-3H3;2*1H/q+2;;/p-2. The van der Waals surface area contributed by atoms with Crippen molar-refractivity contribution in [3.05, 3.63) is 37.4 Å². The van der Waals surface area contributed by atoms with Gasteiger partial charge in [-0.15, -0.1) is 0 Å². The van der Waals surface area contributed by atoms with Gasteiger partial charge in [-0.1, -0.05) is 19.8 Å². The minimum atomic E-state index is 0. The Balaban J connectivity index is 0.00000312. The van der Waals surface area contributed by atoms with Crippen LogP contribution in [0.4, 0.5) is 0 Å². The maximum atomic E-state index is 2.40. The van der Waals surface area contributed by atoms with Crippen molar-refractivity contribution >= 4 is 0 Å². The molecule has 0 spiro atoms. The fourth-order valence-electron chi connectivity index (χ4n) is 3.34. The quantitative estimate of drug-likeness (QED) is 0.239. The van der Waals surface area contributed by atoms with Gasteiger partial charge in [0, 0.05) is 0 Å². The highest BCUT2D eigenvalue weighted by molar-refractivity contribution is 4.74. The molecule has 0 N–H and O–H groups in total. The lowest BCUT2D eigenvalue weighted by atomic mass is 10.0. The topological polar surface area (TPSA) is 17.6 Å². The van der Waals surface area contributed by atoms with Gasteiger partial charge < -0.3 is 34.0 Å². The van der Waals surface area contributed by atoms with Crippen molar-refractivity contribution in [1.29, 1.82) is 0 Å². The summed E-state index contributed by atoms with van der Waals surface area (Å²) in [6, 6.07) is 0.669. The highest BCUT2D eigenvalue weighted by Gasteiger charge is 2.14. The summed E-state index contributed by atoms with van der Waals surface area (Å²) < 4.78 is 9.20. The molecule has 0 radical (unpaired) electrons. The molecule has 0 aromatic carbocycles. The molecule has 0 aliphatic carbocycles. The number of aromatic nitrogens is 4. The Kier molecular flexibility index (Phi) is 14.1. The van der Waals surface area contributed by atoms with Gasteiger partial charge in [0.25, 0.3) is 0 Å². The van der Waals surface area contributed by atoms with Gasteiger partial charge in [0.1, 0.15) is 30.8 Å². The number of nitrogens with zero attached hydrogens (tertiary/aromatic N) is 4. The van der Waals surface area contributed by atoms with E-state index in [1.54, 1.807) is 0 Å². The number of aryl methyl sites for hydroxylation is 3. The fourth-order valence-corrected chi connectivity index (χ4v) is 3.34. The van der Waals surface area contributed by atoms with Crippen molar-refractivity contribution in [2.75, 3.05) is 0 Å². The average molecular weight is 492 g/mol. The highest BCUT2D eigenvalue weighted by Crippen LogP contribution is 2.19. The summed E-state index contributed by atoms with van der Waals surface area (Å²) in [6.07, 6.45) is 22.5. The van der Waals surface area contributed by atoms with Gasteiger partial charge in [0.05, 0.1) is 19.6 Å². The average Bonchev–Trinajstić information content (AvgIpc) is 3.26. The maximum Gasteiger partial charge on any atom is 0.243 e. The van der Waals surface area contributed by atoms with E-state index in [1.807, 2.05) is 0 Å². The van der Waals surface area contributed by atoms with Crippen molar-refractivity contribution in [2.45, 2.75) is 91.4 Å². The van der Waals surface area contributed by atoms with Crippen LogP contribution in [0.25, 0.3) is 0 Å². The van der Waals surface area contributed by atoms with Gasteiger partial charge in [0.2, 0.25) is 12.7 Å². The maximum absolute atomic E-state index is 2.40. The molecule has 6 heteroatoms. The largest absolute Gasteiger partial charge is 1.00 e. The van der Waals surface area contributed by atoms with E-state index < -0.39 is 0 Å². The van der Waals surface area contributed by atoms with Crippen LogP contribution in [0.1, 0.15) is 71.8 Å². The van der Waals surface area contributed by atoms with E-state index in [0.29, 0.717) is 6.04 Å². The monoisotopic (exact) mass is 490 g/mol. The number of imidazole rings is 2. The zero-order valence-electron chi connectivity index (χ0n) is 16.7. The molecule has 0 bridgehead atoms. The van der Waals surface area contributed by atoms with E-state index in [4.69, 9.17) is 0 Å². The van der Waals surface area contributed by atoms with E-state index in [2.05, 4.69) is 76.5 Å². The molecule has 2 heterocycles. The van der Waals surface area contributed by atoms with E-state index in [9.17, 15) is 0 Å². The first-order chi connectivity index (χ1) is 11.8. The molecule has 1 unspecified atom stereocenters. The Morgan fingerprint density at radius 3 is 2.12 bits per heavy atom. The predicted octanol–water partition coefficient (Wildman–Crippen LogP) is -2.10. The molecule has 0 aliphatic heterocycles. The van der Waals surface area contributed by atoms with Crippen LogP contribution in [-0.2, 0) is 19.6 Å². The lowest BCUT2D eigenvalue weighted by molar-refractivity contribution is -0.696. The third kappa shape index (κ3) is 8.38.